The molecule has 2 saturated heterocycles. The van der Waals surface area contributed by atoms with Crippen LogP contribution in [0.2, 0.25) is 0 Å². The number of fused-ring (bicyclic) bond motifs is 2. The van der Waals surface area contributed by atoms with Gasteiger partial charge in [0, 0.05) is 19.2 Å². The zero-order valence-corrected chi connectivity index (χ0v) is 20.8. The Kier molecular flexibility index (Phi) is 8.16. The van der Waals surface area contributed by atoms with Crippen LogP contribution in [0.3, 0.4) is 0 Å². The second-order valence-corrected chi connectivity index (χ2v) is 8.97. The molecule has 14 heteroatoms. The molecule has 39 heavy (non-hydrogen) atoms. The number of methoxy groups -OCH3 is 1. The maximum Gasteiger partial charge on any atom is 0.573 e. The fourth-order valence-corrected chi connectivity index (χ4v) is 4.82. The molecular formula is C25H26F3N3O8. The van der Waals surface area contributed by atoms with Gasteiger partial charge in [-0.15, -0.1) is 13.2 Å². The number of likely N-dealkylation sites (tertiary alicyclic amines) is 1. The molecule has 2 bridgehead atoms. The third kappa shape index (κ3) is 6.17. The van der Waals surface area contributed by atoms with Crippen LogP contribution in [0.4, 0.5) is 18.0 Å². The molecule has 4 rings (SSSR count). The fourth-order valence-electron chi connectivity index (χ4n) is 4.82. The Morgan fingerprint density at radius 2 is 1.64 bits per heavy atom. The Labute approximate surface area is 220 Å². The molecule has 2 unspecified atom stereocenters. The highest BCUT2D eigenvalue weighted by Gasteiger charge is 2.59. The van der Waals surface area contributed by atoms with Crippen LogP contribution in [-0.4, -0.2) is 84.3 Å². The molecule has 0 radical (unpaired) electrons. The first-order chi connectivity index (χ1) is 18.6. The van der Waals surface area contributed by atoms with E-state index < -0.39 is 41.6 Å². The van der Waals surface area contributed by atoms with Crippen molar-refractivity contribution in [1.82, 2.24) is 15.3 Å². The minimum absolute atomic E-state index is 0.0260. The van der Waals surface area contributed by atoms with Crippen LogP contribution >= 0.6 is 0 Å². The van der Waals surface area contributed by atoms with E-state index in [4.69, 9.17) is 14.2 Å². The molecule has 0 aliphatic carbocycles. The zero-order valence-electron chi connectivity index (χ0n) is 20.8. The topological polar surface area (TPSA) is 127 Å². The van der Waals surface area contributed by atoms with E-state index in [2.05, 4.69) is 4.74 Å². The summed E-state index contributed by atoms with van der Waals surface area (Å²) >= 11 is 0. The lowest BCUT2D eigenvalue weighted by molar-refractivity contribution is -0.274. The lowest BCUT2D eigenvalue weighted by Gasteiger charge is -2.47. The minimum Gasteiger partial charge on any atom is -0.457 e. The zero-order chi connectivity index (χ0) is 28.2. The number of carbonyl (C=O) groups is 3. The highest BCUT2D eigenvalue weighted by molar-refractivity contribution is 6.00. The van der Waals surface area contributed by atoms with Crippen LogP contribution in [0.1, 0.15) is 23.2 Å². The van der Waals surface area contributed by atoms with Gasteiger partial charge in [-0.3, -0.25) is 14.8 Å². The Bertz CT molecular complexity index is 1190. The van der Waals surface area contributed by atoms with Crippen LogP contribution in [-0.2, 0) is 14.3 Å². The number of nitrogens with one attached hydrogen (secondary N) is 1. The molecule has 2 N–H and O–H groups in total. The molecule has 3 amide bonds. The Morgan fingerprint density at radius 1 is 1.03 bits per heavy atom. The molecule has 2 fully saturated rings. The Morgan fingerprint density at radius 3 is 2.23 bits per heavy atom. The predicted octanol–water partition coefficient (Wildman–Crippen LogP) is 3.32. The van der Waals surface area contributed by atoms with E-state index >= 15 is 0 Å². The molecule has 0 spiro atoms. The van der Waals surface area contributed by atoms with Gasteiger partial charge in [0.25, 0.3) is 11.8 Å². The van der Waals surface area contributed by atoms with Gasteiger partial charge in [-0.25, -0.2) is 10.3 Å². The van der Waals surface area contributed by atoms with Gasteiger partial charge in [0.15, 0.2) is 0 Å². The lowest BCUT2D eigenvalue weighted by Crippen LogP contribution is -2.69. The Hall–Kier alpha value is -4.04. The van der Waals surface area contributed by atoms with E-state index in [1.54, 1.807) is 5.48 Å². The average Bonchev–Trinajstić information content (AvgIpc) is 3.15. The van der Waals surface area contributed by atoms with Crippen LogP contribution in [0.25, 0.3) is 0 Å². The SMILES string of the molecule is COCCOC(=O)N1CC2CCC(C(=O)NO)(C1)N2C(=O)c1ccc(Oc2ccc(OC(F)(F)F)cc2)cc1. The molecule has 11 nitrogen and oxygen atoms in total. The normalized spacial score (nSPS) is 20.4. The van der Waals surface area contributed by atoms with Crippen molar-refractivity contribution < 1.29 is 51.7 Å². The van der Waals surface area contributed by atoms with Crippen molar-refractivity contribution in [2.24, 2.45) is 0 Å². The van der Waals surface area contributed by atoms with Gasteiger partial charge in [-0.2, -0.15) is 0 Å². The number of piperazine rings is 1. The van der Waals surface area contributed by atoms with Crippen molar-refractivity contribution in [2.45, 2.75) is 30.8 Å². The fraction of sp³-hybridized carbons (Fsp3) is 0.400. The highest BCUT2D eigenvalue weighted by atomic mass is 19.4. The first kappa shape index (κ1) is 28.0. The van der Waals surface area contributed by atoms with Crippen LogP contribution in [0.15, 0.2) is 48.5 Å². The van der Waals surface area contributed by atoms with Gasteiger partial charge in [0.1, 0.15) is 29.4 Å². The summed E-state index contributed by atoms with van der Waals surface area (Å²) in [4.78, 5) is 41.7. The maximum atomic E-state index is 13.6. The largest absolute Gasteiger partial charge is 0.573 e. The number of hydrogen-bond acceptors (Lipinski definition) is 8. The van der Waals surface area contributed by atoms with E-state index in [0.717, 1.165) is 12.1 Å². The van der Waals surface area contributed by atoms with Gasteiger partial charge in [-0.05, 0) is 61.4 Å². The second kappa shape index (κ2) is 11.4. The van der Waals surface area contributed by atoms with Crippen molar-refractivity contribution in [2.75, 3.05) is 33.4 Å². The summed E-state index contributed by atoms with van der Waals surface area (Å²) in [5, 5.41) is 9.45. The molecule has 0 aromatic heterocycles. The summed E-state index contributed by atoms with van der Waals surface area (Å²) in [6.45, 7) is 0.210. The van der Waals surface area contributed by atoms with Crippen molar-refractivity contribution >= 4 is 17.9 Å². The summed E-state index contributed by atoms with van der Waals surface area (Å²) in [5.74, 6) is -1.13. The summed E-state index contributed by atoms with van der Waals surface area (Å²) < 4.78 is 56.5. The number of hydrogen-bond donors (Lipinski definition) is 2. The number of alkyl halides is 3. The smallest absolute Gasteiger partial charge is 0.457 e. The number of amides is 3. The summed E-state index contributed by atoms with van der Waals surface area (Å²) in [7, 11) is 1.46. The van der Waals surface area contributed by atoms with Gasteiger partial charge < -0.3 is 28.7 Å². The van der Waals surface area contributed by atoms with Crippen molar-refractivity contribution in [3.63, 3.8) is 0 Å². The van der Waals surface area contributed by atoms with Crippen LogP contribution < -0.4 is 15.0 Å². The predicted molar refractivity (Wildman–Crippen MR) is 126 cm³/mol. The van der Waals surface area contributed by atoms with Crippen LogP contribution in [0.5, 0.6) is 17.2 Å². The molecular weight excluding hydrogens is 527 g/mol. The molecule has 0 saturated carbocycles. The molecule has 210 valence electrons. The summed E-state index contributed by atoms with van der Waals surface area (Å²) in [6, 6.07) is 10.3. The van der Waals surface area contributed by atoms with Crippen molar-refractivity contribution in [3.05, 3.63) is 54.1 Å². The monoisotopic (exact) mass is 553 g/mol. The number of carbonyl (C=O) groups excluding carboxylic acids is 3. The molecule has 2 atom stereocenters. The number of nitrogens with zero attached hydrogens (tertiary/aromatic N) is 2. The summed E-state index contributed by atoms with van der Waals surface area (Å²) in [6.07, 6.45) is -4.80. The van der Waals surface area contributed by atoms with Gasteiger partial charge in [0.05, 0.1) is 19.2 Å². The molecule has 2 aliphatic heterocycles. The number of ether oxygens (including phenoxy) is 4. The maximum absolute atomic E-state index is 13.6. The Balaban J connectivity index is 1.47. The first-order valence-corrected chi connectivity index (χ1v) is 11.9. The second-order valence-electron chi connectivity index (χ2n) is 8.97. The number of benzene rings is 2. The molecule has 2 heterocycles. The van der Waals surface area contributed by atoms with Crippen LogP contribution in [0, 0.1) is 0 Å². The third-order valence-corrected chi connectivity index (χ3v) is 6.51. The van der Waals surface area contributed by atoms with E-state index in [1.807, 2.05) is 0 Å². The van der Waals surface area contributed by atoms with Crippen molar-refractivity contribution in [1.29, 1.82) is 0 Å². The highest BCUT2D eigenvalue weighted by Crippen LogP contribution is 2.41. The first-order valence-electron chi connectivity index (χ1n) is 11.9. The molecule has 2 aliphatic rings. The minimum atomic E-state index is -4.80. The van der Waals surface area contributed by atoms with E-state index in [-0.39, 0.29) is 44.0 Å². The average molecular weight is 553 g/mol. The molecule has 2 aromatic rings. The summed E-state index contributed by atoms with van der Waals surface area (Å²) in [5.41, 5.74) is 0.366. The number of rotatable bonds is 8. The van der Waals surface area contributed by atoms with Crippen molar-refractivity contribution in [3.8, 4) is 17.2 Å². The standard InChI is InChI=1S/C25H26F3N3O8/c1-36-12-13-37-23(34)30-14-17-10-11-24(15-30,22(33)29-35)31(17)21(32)16-2-4-18(5-3-16)38-19-6-8-20(9-7-19)39-25(26,27)28/h2-9,17,35H,10-15H2,1H3,(H,29,33). The quantitative estimate of drug-likeness (QED) is 0.290. The number of halogens is 3. The third-order valence-electron chi connectivity index (χ3n) is 6.51. The van der Waals surface area contributed by atoms with E-state index in [0.29, 0.717) is 12.2 Å². The van der Waals surface area contributed by atoms with Gasteiger partial charge >= 0.3 is 12.5 Å². The van der Waals surface area contributed by atoms with Gasteiger partial charge in [-0.1, -0.05) is 0 Å². The molecule has 2 aromatic carbocycles. The lowest BCUT2D eigenvalue weighted by atomic mass is 9.93. The van der Waals surface area contributed by atoms with Gasteiger partial charge in [0.2, 0.25) is 0 Å². The van der Waals surface area contributed by atoms with E-state index in [9.17, 15) is 32.8 Å². The number of hydroxylamine groups is 1. The van der Waals surface area contributed by atoms with E-state index in [1.165, 1.54) is 53.3 Å².